The van der Waals surface area contributed by atoms with Crippen LogP contribution in [0.5, 0.6) is 0 Å². The van der Waals surface area contributed by atoms with E-state index in [2.05, 4.69) is 33.0 Å². The van der Waals surface area contributed by atoms with E-state index >= 15 is 0 Å². The van der Waals surface area contributed by atoms with E-state index in [0.29, 0.717) is 5.56 Å². The standard InChI is InChI=1S/C13H13FIN3/c1-8-3-2-4-10(12(8)15)13(18-16)9-5-6-17-7-11(9)14/h2-7,13,18H,16H2,1H3. The second-order valence-electron chi connectivity index (χ2n) is 3.97. The van der Waals surface area contributed by atoms with Gasteiger partial charge in [-0.05, 0) is 46.7 Å². The molecule has 18 heavy (non-hydrogen) atoms. The van der Waals surface area contributed by atoms with Crippen molar-refractivity contribution in [3.8, 4) is 0 Å². The van der Waals surface area contributed by atoms with Gasteiger partial charge in [-0.25, -0.2) is 9.82 Å². The molecule has 0 spiro atoms. The molecule has 0 radical (unpaired) electrons. The Labute approximate surface area is 119 Å². The average Bonchev–Trinajstić information content (AvgIpc) is 2.37. The Hall–Kier alpha value is -1.05. The van der Waals surface area contributed by atoms with Crippen molar-refractivity contribution < 1.29 is 4.39 Å². The lowest BCUT2D eigenvalue weighted by Gasteiger charge is -2.19. The van der Waals surface area contributed by atoms with Gasteiger partial charge >= 0.3 is 0 Å². The summed E-state index contributed by atoms with van der Waals surface area (Å²) in [7, 11) is 0. The molecule has 94 valence electrons. The van der Waals surface area contributed by atoms with E-state index in [4.69, 9.17) is 5.84 Å². The zero-order valence-corrected chi connectivity index (χ0v) is 12.0. The Balaban J connectivity index is 2.53. The fraction of sp³-hybridized carbons (Fsp3) is 0.154. The normalized spacial score (nSPS) is 12.4. The number of nitrogens with two attached hydrogens (primary N) is 1. The molecule has 0 fully saturated rings. The number of hydrogen-bond donors (Lipinski definition) is 2. The summed E-state index contributed by atoms with van der Waals surface area (Å²) in [6.07, 6.45) is 2.76. The Bertz CT molecular complexity index is 560. The van der Waals surface area contributed by atoms with E-state index in [1.54, 1.807) is 12.3 Å². The van der Waals surface area contributed by atoms with Crippen LogP contribution in [-0.2, 0) is 0 Å². The van der Waals surface area contributed by atoms with E-state index in [9.17, 15) is 4.39 Å². The number of aryl methyl sites for hydroxylation is 1. The summed E-state index contributed by atoms with van der Waals surface area (Å²) >= 11 is 2.25. The van der Waals surface area contributed by atoms with E-state index in [-0.39, 0.29) is 11.9 Å². The first-order chi connectivity index (χ1) is 8.65. The van der Waals surface area contributed by atoms with Gasteiger partial charge in [0.15, 0.2) is 0 Å². The number of rotatable bonds is 3. The van der Waals surface area contributed by atoms with E-state index in [1.807, 2.05) is 25.1 Å². The average molecular weight is 357 g/mol. The minimum atomic E-state index is -0.375. The molecule has 1 heterocycles. The van der Waals surface area contributed by atoms with Gasteiger partial charge in [0.25, 0.3) is 0 Å². The van der Waals surface area contributed by atoms with Gasteiger partial charge in [-0.2, -0.15) is 0 Å². The van der Waals surface area contributed by atoms with Crippen molar-refractivity contribution in [2.75, 3.05) is 0 Å². The van der Waals surface area contributed by atoms with Gasteiger partial charge in [-0.15, -0.1) is 0 Å². The molecular weight excluding hydrogens is 344 g/mol. The van der Waals surface area contributed by atoms with E-state index < -0.39 is 0 Å². The molecule has 1 aromatic heterocycles. The van der Waals surface area contributed by atoms with Crippen molar-refractivity contribution in [2.24, 2.45) is 5.84 Å². The number of nitrogens with one attached hydrogen (secondary N) is 1. The maximum Gasteiger partial charge on any atom is 0.146 e. The number of nitrogens with zero attached hydrogens (tertiary/aromatic N) is 1. The maximum absolute atomic E-state index is 13.8. The highest BCUT2D eigenvalue weighted by Crippen LogP contribution is 2.28. The van der Waals surface area contributed by atoms with Crippen LogP contribution < -0.4 is 11.3 Å². The van der Waals surface area contributed by atoms with Gasteiger partial charge in [0, 0.05) is 15.3 Å². The molecule has 5 heteroatoms. The van der Waals surface area contributed by atoms with Crippen LogP contribution in [0.3, 0.4) is 0 Å². The highest BCUT2D eigenvalue weighted by atomic mass is 127. The molecule has 0 amide bonds. The number of aromatic nitrogens is 1. The molecule has 1 aromatic carbocycles. The summed E-state index contributed by atoms with van der Waals surface area (Å²) in [6.45, 7) is 2.02. The van der Waals surface area contributed by atoms with E-state index in [1.165, 1.54) is 6.20 Å². The molecule has 1 unspecified atom stereocenters. The first-order valence-electron chi connectivity index (χ1n) is 5.45. The van der Waals surface area contributed by atoms with Crippen LogP contribution in [0.1, 0.15) is 22.7 Å². The molecule has 0 saturated carbocycles. The number of hydrazine groups is 1. The second kappa shape index (κ2) is 5.73. The largest absolute Gasteiger partial charge is 0.271 e. The van der Waals surface area contributed by atoms with Crippen LogP contribution in [0.15, 0.2) is 36.7 Å². The fourth-order valence-corrected chi connectivity index (χ4v) is 2.53. The molecule has 0 aliphatic rings. The van der Waals surface area contributed by atoms with Crippen molar-refractivity contribution in [3.05, 3.63) is 62.7 Å². The van der Waals surface area contributed by atoms with Gasteiger partial charge in [-0.1, -0.05) is 18.2 Å². The Morgan fingerprint density at radius 2 is 2.11 bits per heavy atom. The summed E-state index contributed by atoms with van der Waals surface area (Å²) < 4.78 is 14.9. The lowest BCUT2D eigenvalue weighted by molar-refractivity contribution is 0.554. The van der Waals surface area contributed by atoms with Gasteiger partial charge in [-0.3, -0.25) is 10.8 Å². The molecule has 2 rings (SSSR count). The topological polar surface area (TPSA) is 50.9 Å². The summed E-state index contributed by atoms with van der Waals surface area (Å²) in [4.78, 5) is 3.75. The van der Waals surface area contributed by atoms with Crippen LogP contribution >= 0.6 is 22.6 Å². The third kappa shape index (κ3) is 2.52. The highest BCUT2D eigenvalue weighted by Gasteiger charge is 2.19. The zero-order chi connectivity index (χ0) is 13.1. The molecule has 3 N–H and O–H groups in total. The smallest absolute Gasteiger partial charge is 0.146 e. The van der Waals surface area contributed by atoms with Gasteiger partial charge in [0.05, 0.1) is 12.2 Å². The lowest BCUT2D eigenvalue weighted by Crippen LogP contribution is -2.30. The zero-order valence-electron chi connectivity index (χ0n) is 9.82. The molecule has 0 bridgehead atoms. The number of pyridine rings is 1. The fourth-order valence-electron chi connectivity index (χ4n) is 1.86. The van der Waals surface area contributed by atoms with Crippen molar-refractivity contribution in [3.63, 3.8) is 0 Å². The SMILES string of the molecule is Cc1cccc(C(NN)c2ccncc2F)c1I. The maximum atomic E-state index is 13.8. The van der Waals surface area contributed by atoms with Gasteiger partial charge in [0.1, 0.15) is 5.82 Å². The van der Waals surface area contributed by atoms with Crippen LogP contribution in [-0.4, -0.2) is 4.98 Å². The molecule has 0 aliphatic heterocycles. The summed E-state index contributed by atoms with van der Waals surface area (Å²) in [5.74, 6) is 5.22. The van der Waals surface area contributed by atoms with Gasteiger partial charge in [0.2, 0.25) is 0 Å². The Morgan fingerprint density at radius 3 is 2.78 bits per heavy atom. The predicted molar refractivity (Wildman–Crippen MR) is 77.3 cm³/mol. The molecule has 2 aromatic rings. The second-order valence-corrected chi connectivity index (χ2v) is 5.05. The Kier molecular flexibility index (Phi) is 4.26. The molecular formula is C13H13FIN3. The molecule has 3 nitrogen and oxygen atoms in total. The third-order valence-corrected chi connectivity index (χ3v) is 4.29. The van der Waals surface area contributed by atoms with Gasteiger partial charge < -0.3 is 0 Å². The highest BCUT2D eigenvalue weighted by molar-refractivity contribution is 14.1. The monoisotopic (exact) mass is 357 g/mol. The van der Waals surface area contributed by atoms with Crippen LogP contribution in [0.4, 0.5) is 4.39 Å². The summed E-state index contributed by atoms with van der Waals surface area (Å²) in [6, 6.07) is 7.16. The molecule has 0 aliphatic carbocycles. The molecule has 0 saturated heterocycles. The predicted octanol–water partition coefficient (Wildman–Crippen LogP) is 2.69. The number of benzene rings is 1. The minimum Gasteiger partial charge on any atom is -0.271 e. The first kappa shape index (κ1) is 13.4. The van der Waals surface area contributed by atoms with Crippen molar-refractivity contribution >= 4 is 22.6 Å². The van der Waals surface area contributed by atoms with E-state index in [0.717, 1.165) is 14.7 Å². The minimum absolute atomic E-state index is 0.363. The Morgan fingerprint density at radius 1 is 1.33 bits per heavy atom. The number of halogens is 2. The van der Waals surface area contributed by atoms with Crippen molar-refractivity contribution in [1.29, 1.82) is 0 Å². The van der Waals surface area contributed by atoms with Crippen LogP contribution in [0, 0.1) is 16.3 Å². The first-order valence-corrected chi connectivity index (χ1v) is 6.53. The summed E-state index contributed by atoms with van der Waals surface area (Å²) in [5, 5.41) is 0. The van der Waals surface area contributed by atoms with Crippen molar-refractivity contribution in [1.82, 2.24) is 10.4 Å². The molecule has 1 atom stereocenters. The van der Waals surface area contributed by atoms with Crippen molar-refractivity contribution in [2.45, 2.75) is 13.0 Å². The summed E-state index contributed by atoms with van der Waals surface area (Å²) in [5.41, 5.74) is 5.27. The van der Waals surface area contributed by atoms with Crippen LogP contribution in [0.2, 0.25) is 0 Å². The quantitative estimate of drug-likeness (QED) is 0.505. The lowest BCUT2D eigenvalue weighted by atomic mass is 9.98. The number of hydrogen-bond acceptors (Lipinski definition) is 3. The third-order valence-electron chi connectivity index (χ3n) is 2.81. The van der Waals surface area contributed by atoms with Crippen LogP contribution in [0.25, 0.3) is 0 Å².